The summed E-state index contributed by atoms with van der Waals surface area (Å²) in [5.74, 6) is 0. The maximum absolute atomic E-state index is 11.7. The zero-order chi connectivity index (χ0) is 18.3. The summed E-state index contributed by atoms with van der Waals surface area (Å²) in [7, 11) is -2.03. The van der Waals surface area contributed by atoms with Gasteiger partial charge in [-0.1, -0.05) is 89.4 Å². The predicted octanol–water partition coefficient (Wildman–Crippen LogP) is 3.93. The zero-order valence-corrected chi connectivity index (χ0v) is 16.4. The number of hydrogen-bond acceptors (Lipinski definition) is 3. The van der Waals surface area contributed by atoms with Gasteiger partial charge in [-0.3, -0.25) is 0 Å². The molecule has 0 N–H and O–H groups in total. The Labute approximate surface area is 151 Å². The minimum absolute atomic E-state index is 0.206. The van der Waals surface area contributed by atoms with Gasteiger partial charge in [-0.15, -0.1) is 0 Å². The molecule has 0 bridgehead atoms. The van der Waals surface area contributed by atoms with E-state index in [1.807, 2.05) is 39.0 Å². The summed E-state index contributed by atoms with van der Waals surface area (Å²) in [5.41, 5.74) is 1.67. The second-order valence-corrected chi connectivity index (χ2v) is 11.0. The lowest BCUT2D eigenvalue weighted by atomic mass is 10.2. The molecule has 0 saturated carbocycles. The number of hydrogen-bond donors (Lipinski definition) is 0. The molecule has 132 valence electrons. The molecular weight excluding hydrogens is 328 g/mol. The fraction of sp³-hybridized carbons (Fsp3) is 0.286. The molecule has 0 aliphatic heterocycles. The third-order valence-electron chi connectivity index (χ3n) is 3.89. The van der Waals surface area contributed by atoms with E-state index in [2.05, 4.69) is 60.8 Å². The molecule has 0 spiro atoms. The second kappa shape index (κ2) is 8.16. The van der Waals surface area contributed by atoms with Gasteiger partial charge in [0, 0.05) is 0 Å². The van der Waals surface area contributed by atoms with Crippen LogP contribution in [0.15, 0.2) is 72.4 Å². The van der Waals surface area contributed by atoms with Gasteiger partial charge in [-0.05, 0) is 20.8 Å². The smallest absolute Gasteiger partial charge is 0.430 e. The van der Waals surface area contributed by atoms with E-state index in [4.69, 9.17) is 9.47 Å². The van der Waals surface area contributed by atoms with Crippen LogP contribution >= 0.6 is 0 Å². The Morgan fingerprint density at radius 2 is 1.44 bits per heavy atom. The molecule has 0 saturated heterocycles. The van der Waals surface area contributed by atoms with Gasteiger partial charge in [-0.2, -0.15) is 0 Å². The van der Waals surface area contributed by atoms with Crippen LogP contribution in [0.5, 0.6) is 0 Å². The van der Waals surface area contributed by atoms with Gasteiger partial charge in [0.2, 0.25) is 0 Å². The Hall–Kier alpha value is -2.33. The van der Waals surface area contributed by atoms with Crippen molar-refractivity contribution in [3.63, 3.8) is 0 Å². The first kappa shape index (κ1) is 19.0. The molecule has 2 aromatic rings. The minimum atomic E-state index is -2.03. The van der Waals surface area contributed by atoms with Gasteiger partial charge < -0.3 is 9.47 Å². The zero-order valence-electron chi connectivity index (χ0n) is 15.4. The first-order valence-corrected chi connectivity index (χ1v) is 11.0. The fourth-order valence-electron chi connectivity index (χ4n) is 2.61. The predicted molar refractivity (Wildman–Crippen MR) is 105 cm³/mol. The van der Waals surface area contributed by atoms with Crippen LogP contribution in [0.25, 0.3) is 0 Å². The van der Waals surface area contributed by atoms with Crippen molar-refractivity contribution in [1.82, 2.24) is 0 Å². The topological polar surface area (TPSA) is 35.5 Å². The summed E-state index contributed by atoms with van der Waals surface area (Å²) in [5, 5.41) is 2.63. The molecule has 0 aliphatic carbocycles. The van der Waals surface area contributed by atoms with Crippen molar-refractivity contribution in [1.29, 1.82) is 0 Å². The average molecular weight is 355 g/mol. The third-order valence-corrected chi connectivity index (χ3v) is 7.85. The standard InChI is InChI=1S/C21H26O3Si/c1-21(2,3)24-20(22)23-16-11-17-25(4,18-12-7-5-8-13-18)19-14-9-6-10-15-19/h5-15,17H,16H2,1-4H3/b17-11+. The number of carbonyl (C=O) groups excluding carboxylic acids is 1. The fourth-order valence-corrected chi connectivity index (χ4v) is 5.66. The van der Waals surface area contributed by atoms with E-state index in [1.54, 1.807) is 0 Å². The minimum Gasteiger partial charge on any atom is -0.430 e. The van der Waals surface area contributed by atoms with Gasteiger partial charge >= 0.3 is 6.16 Å². The molecule has 0 unspecified atom stereocenters. The molecule has 0 aliphatic rings. The molecule has 2 aromatic carbocycles. The molecule has 3 nitrogen and oxygen atoms in total. The Morgan fingerprint density at radius 3 is 1.88 bits per heavy atom. The Balaban J connectivity index is 2.14. The molecule has 0 fully saturated rings. The van der Waals surface area contributed by atoms with Crippen molar-refractivity contribution in [3.8, 4) is 0 Å². The quantitative estimate of drug-likeness (QED) is 0.603. The van der Waals surface area contributed by atoms with Crippen LogP contribution in [0.3, 0.4) is 0 Å². The maximum atomic E-state index is 11.7. The highest BCUT2D eigenvalue weighted by atomic mass is 28.3. The summed E-state index contributed by atoms with van der Waals surface area (Å²) < 4.78 is 10.3. The normalized spacial score (nSPS) is 12.2. The second-order valence-electron chi connectivity index (χ2n) is 7.11. The summed E-state index contributed by atoms with van der Waals surface area (Å²) >= 11 is 0. The van der Waals surface area contributed by atoms with E-state index in [0.29, 0.717) is 0 Å². The third kappa shape index (κ3) is 5.61. The molecule has 0 amide bonds. The first-order valence-electron chi connectivity index (χ1n) is 8.46. The van der Waals surface area contributed by atoms with Crippen molar-refractivity contribution in [2.75, 3.05) is 6.61 Å². The van der Waals surface area contributed by atoms with Crippen molar-refractivity contribution < 1.29 is 14.3 Å². The Morgan fingerprint density at radius 1 is 0.960 bits per heavy atom. The van der Waals surface area contributed by atoms with Gasteiger partial charge in [0.15, 0.2) is 0 Å². The number of ether oxygens (including phenoxy) is 2. The van der Waals surface area contributed by atoms with Crippen LogP contribution in [0, 0.1) is 0 Å². The van der Waals surface area contributed by atoms with E-state index in [-0.39, 0.29) is 6.61 Å². The lowest BCUT2D eigenvalue weighted by Gasteiger charge is -2.25. The van der Waals surface area contributed by atoms with Crippen molar-refractivity contribution in [2.45, 2.75) is 32.9 Å². The van der Waals surface area contributed by atoms with Crippen LogP contribution in [-0.4, -0.2) is 26.4 Å². The van der Waals surface area contributed by atoms with Gasteiger partial charge in [0.25, 0.3) is 0 Å². The lowest BCUT2D eigenvalue weighted by Crippen LogP contribution is -2.54. The molecule has 2 rings (SSSR count). The molecule has 0 radical (unpaired) electrons. The number of rotatable bonds is 5. The largest absolute Gasteiger partial charge is 0.509 e. The van der Waals surface area contributed by atoms with Crippen molar-refractivity contribution >= 4 is 24.6 Å². The molecule has 25 heavy (non-hydrogen) atoms. The van der Waals surface area contributed by atoms with Crippen LogP contribution in [0.1, 0.15) is 20.8 Å². The van der Waals surface area contributed by atoms with Gasteiger partial charge in [0.05, 0.1) is 0 Å². The Kier molecular flexibility index (Phi) is 6.20. The highest BCUT2D eigenvalue weighted by Crippen LogP contribution is 2.09. The van der Waals surface area contributed by atoms with E-state index >= 15 is 0 Å². The SMILES string of the molecule is CC(C)(C)OC(=O)OC/C=C/[Si](C)(c1ccccc1)c1ccccc1. The number of benzene rings is 2. The molecule has 0 aromatic heterocycles. The van der Waals surface area contributed by atoms with E-state index < -0.39 is 19.8 Å². The Bertz CT molecular complexity index is 663. The summed E-state index contributed by atoms with van der Waals surface area (Å²) in [4.78, 5) is 11.7. The highest BCUT2D eigenvalue weighted by Gasteiger charge is 2.28. The van der Waals surface area contributed by atoms with Crippen LogP contribution in [0.2, 0.25) is 6.55 Å². The summed E-state index contributed by atoms with van der Waals surface area (Å²) in [6.07, 6.45) is 1.29. The number of carbonyl (C=O) groups is 1. The molecule has 0 atom stereocenters. The van der Waals surface area contributed by atoms with Crippen molar-refractivity contribution in [3.05, 3.63) is 72.4 Å². The first-order chi connectivity index (χ1) is 11.8. The highest BCUT2D eigenvalue weighted by molar-refractivity contribution is 7.05. The maximum Gasteiger partial charge on any atom is 0.509 e. The molecular formula is C21H26O3Si. The van der Waals surface area contributed by atoms with E-state index in [1.165, 1.54) is 10.4 Å². The average Bonchev–Trinajstić information content (AvgIpc) is 2.58. The van der Waals surface area contributed by atoms with Crippen LogP contribution in [0.4, 0.5) is 4.79 Å². The van der Waals surface area contributed by atoms with E-state index in [0.717, 1.165) is 0 Å². The summed E-state index contributed by atoms with van der Waals surface area (Å²) in [6, 6.07) is 21.0. The molecule has 0 heterocycles. The lowest BCUT2D eigenvalue weighted by molar-refractivity contribution is -0.00240. The monoisotopic (exact) mass is 354 g/mol. The van der Waals surface area contributed by atoms with Crippen molar-refractivity contribution in [2.24, 2.45) is 0 Å². The summed E-state index contributed by atoms with van der Waals surface area (Å²) in [6.45, 7) is 7.95. The van der Waals surface area contributed by atoms with Gasteiger partial charge in [0.1, 0.15) is 20.3 Å². The van der Waals surface area contributed by atoms with Crippen LogP contribution in [-0.2, 0) is 9.47 Å². The van der Waals surface area contributed by atoms with Gasteiger partial charge in [-0.25, -0.2) is 4.79 Å². The van der Waals surface area contributed by atoms with E-state index in [9.17, 15) is 4.79 Å². The molecule has 4 heteroatoms. The van der Waals surface area contributed by atoms with Crippen LogP contribution < -0.4 is 10.4 Å².